The van der Waals surface area contributed by atoms with E-state index >= 15 is 0 Å². The Morgan fingerprint density at radius 1 is 1.12 bits per heavy atom. The molecule has 2 fully saturated rings. The number of nitrogens with one attached hydrogen (secondary N) is 1. The van der Waals surface area contributed by atoms with Crippen molar-refractivity contribution in [2.45, 2.75) is 52.9 Å². The van der Waals surface area contributed by atoms with Gasteiger partial charge in [-0.05, 0) is 43.4 Å². The lowest BCUT2D eigenvalue weighted by Crippen LogP contribution is -2.52. The summed E-state index contributed by atoms with van der Waals surface area (Å²) in [7, 11) is -3.40. The number of carbonyl (C=O) groups is 1. The minimum absolute atomic E-state index is 0.0710. The van der Waals surface area contributed by atoms with Crippen LogP contribution in [0.4, 0.5) is 11.4 Å². The second-order valence-corrected chi connectivity index (χ2v) is 11.5. The summed E-state index contributed by atoms with van der Waals surface area (Å²) < 4.78 is 28.7. The van der Waals surface area contributed by atoms with Crippen molar-refractivity contribution in [3.63, 3.8) is 0 Å². The predicted octanol–water partition coefficient (Wildman–Crippen LogP) is 3.60. The molecule has 3 aliphatic heterocycles. The van der Waals surface area contributed by atoms with Crippen LogP contribution in [-0.2, 0) is 15.0 Å². The minimum atomic E-state index is -3.40. The van der Waals surface area contributed by atoms with E-state index in [2.05, 4.69) is 28.2 Å². The van der Waals surface area contributed by atoms with E-state index in [1.54, 1.807) is 8.61 Å². The van der Waals surface area contributed by atoms with Crippen LogP contribution in [0, 0.1) is 5.92 Å². The molecule has 1 aromatic carbocycles. The maximum atomic E-state index is 12.9. The molecule has 1 aromatic rings. The number of hydrogen-bond acceptors (Lipinski definition) is 5. The number of likely N-dealkylation sites (N-methyl/N-ethyl adjacent to an activating group) is 2. The molecule has 0 spiro atoms. The van der Waals surface area contributed by atoms with Gasteiger partial charge in [-0.2, -0.15) is 17.0 Å². The summed E-state index contributed by atoms with van der Waals surface area (Å²) >= 11 is 0. The first-order chi connectivity index (χ1) is 16.2. The summed E-state index contributed by atoms with van der Waals surface area (Å²) in [4.78, 5) is 19.6. The van der Waals surface area contributed by atoms with Crippen LogP contribution in [0.3, 0.4) is 0 Å². The van der Waals surface area contributed by atoms with Crippen molar-refractivity contribution in [3.05, 3.63) is 35.5 Å². The zero-order chi connectivity index (χ0) is 24.5. The van der Waals surface area contributed by atoms with Crippen molar-refractivity contribution in [2.24, 2.45) is 10.9 Å². The van der Waals surface area contributed by atoms with Gasteiger partial charge in [-0.15, -0.1) is 0 Å². The Kier molecular flexibility index (Phi) is 7.45. The highest BCUT2D eigenvalue weighted by Gasteiger charge is 2.37. The summed E-state index contributed by atoms with van der Waals surface area (Å²) in [6, 6.07) is 6.18. The van der Waals surface area contributed by atoms with Gasteiger partial charge in [0.05, 0.1) is 11.4 Å². The molecule has 0 saturated carbocycles. The molecule has 3 heterocycles. The number of carbonyl (C=O) groups excluding carboxylic acids is 1. The van der Waals surface area contributed by atoms with Crippen LogP contribution in [0.1, 0.15) is 58.4 Å². The van der Waals surface area contributed by atoms with Gasteiger partial charge in [-0.1, -0.05) is 32.9 Å². The molecule has 4 rings (SSSR count). The highest BCUT2D eigenvalue weighted by molar-refractivity contribution is 7.86. The zero-order valence-corrected chi connectivity index (χ0v) is 21.6. The number of benzene rings is 1. The van der Waals surface area contributed by atoms with E-state index in [9.17, 15) is 13.2 Å². The molecule has 0 radical (unpaired) electrons. The molecule has 0 aromatic heterocycles. The topological polar surface area (TPSA) is 85.3 Å². The molecule has 3 aliphatic rings. The lowest BCUT2D eigenvalue weighted by atomic mass is 9.95. The number of aliphatic imine (C=N–C) groups is 1. The van der Waals surface area contributed by atoms with Gasteiger partial charge >= 0.3 is 0 Å². The van der Waals surface area contributed by atoms with E-state index in [1.165, 1.54) is 0 Å². The van der Waals surface area contributed by atoms with Crippen molar-refractivity contribution in [1.82, 2.24) is 8.61 Å². The fourth-order valence-corrected chi connectivity index (χ4v) is 6.72. The Bertz CT molecular complexity index is 1070. The monoisotopic (exact) mass is 487 g/mol. The largest absolute Gasteiger partial charge is 0.370 e. The molecule has 8 nitrogen and oxygen atoms in total. The Labute approximate surface area is 203 Å². The van der Waals surface area contributed by atoms with Crippen LogP contribution in [0.25, 0.3) is 0 Å². The molecular weight excluding hydrogens is 450 g/mol. The average Bonchev–Trinajstić information content (AvgIpc) is 3.26. The van der Waals surface area contributed by atoms with Gasteiger partial charge < -0.3 is 10.2 Å². The zero-order valence-electron chi connectivity index (χ0n) is 20.7. The van der Waals surface area contributed by atoms with Crippen LogP contribution in [0.15, 0.2) is 35.0 Å². The maximum Gasteiger partial charge on any atom is 0.281 e. The first kappa shape index (κ1) is 24.9. The van der Waals surface area contributed by atoms with Crippen molar-refractivity contribution in [3.8, 4) is 0 Å². The smallest absolute Gasteiger partial charge is 0.281 e. The molecule has 34 heavy (non-hydrogen) atoms. The third-order valence-electron chi connectivity index (χ3n) is 7.24. The van der Waals surface area contributed by atoms with Gasteiger partial charge in [0.25, 0.3) is 16.1 Å². The number of amides is 1. The first-order valence-corrected chi connectivity index (χ1v) is 13.8. The SMILES string of the molecule is CCN1CC(c2ccc(NC(=O)C3=NC(C)=CC3)c(N3CCC(C)CC3)c2)CN(CC)S1(=O)=O. The number of rotatable bonds is 6. The van der Waals surface area contributed by atoms with Gasteiger partial charge in [0.1, 0.15) is 5.71 Å². The van der Waals surface area contributed by atoms with E-state index in [-0.39, 0.29) is 11.8 Å². The lowest BCUT2D eigenvalue weighted by Gasteiger charge is -2.39. The summed E-state index contributed by atoms with van der Waals surface area (Å²) in [6.07, 6.45) is 4.74. The summed E-state index contributed by atoms with van der Waals surface area (Å²) in [5, 5.41) is 3.10. The Morgan fingerprint density at radius 2 is 1.76 bits per heavy atom. The standard InChI is InChI=1S/C25H37N5O3S/c1-5-29-16-21(17-30(6-2)34(29,32)33)20-8-10-22(27-25(31)23-9-7-19(4)26-23)24(15-20)28-13-11-18(3)12-14-28/h7-8,10,15,18,21H,5-6,9,11-14,16-17H2,1-4H3,(H,27,31). The van der Waals surface area contributed by atoms with E-state index < -0.39 is 10.2 Å². The molecule has 1 N–H and O–H groups in total. The van der Waals surface area contributed by atoms with Crippen LogP contribution >= 0.6 is 0 Å². The normalized spacial score (nSPS) is 22.5. The molecule has 0 bridgehead atoms. The molecule has 9 heteroatoms. The molecule has 0 aliphatic carbocycles. The molecule has 0 unspecified atom stereocenters. The lowest BCUT2D eigenvalue weighted by molar-refractivity contribution is -0.110. The van der Waals surface area contributed by atoms with Crippen LogP contribution in [0.5, 0.6) is 0 Å². The second kappa shape index (κ2) is 10.2. The molecular formula is C25H37N5O3S. The van der Waals surface area contributed by atoms with E-state index in [0.717, 1.165) is 48.6 Å². The summed E-state index contributed by atoms with van der Waals surface area (Å²) in [5.74, 6) is 0.603. The molecule has 186 valence electrons. The van der Waals surface area contributed by atoms with Gasteiger partial charge in [-0.25, -0.2) is 0 Å². The third kappa shape index (κ3) is 5.06. The Balaban J connectivity index is 1.64. The molecule has 2 saturated heterocycles. The highest BCUT2D eigenvalue weighted by atomic mass is 32.2. The number of hydrogen-bond donors (Lipinski definition) is 1. The first-order valence-electron chi connectivity index (χ1n) is 12.4. The number of allylic oxidation sites excluding steroid dienone is 2. The van der Waals surface area contributed by atoms with Crippen molar-refractivity contribution in [1.29, 1.82) is 0 Å². The van der Waals surface area contributed by atoms with Crippen molar-refractivity contribution < 1.29 is 13.2 Å². The van der Waals surface area contributed by atoms with Crippen molar-refractivity contribution >= 4 is 33.2 Å². The molecule has 1 amide bonds. The van der Waals surface area contributed by atoms with E-state index in [1.807, 2.05) is 39.0 Å². The highest BCUT2D eigenvalue weighted by Crippen LogP contribution is 2.35. The predicted molar refractivity (Wildman–Crippen MR) is 138 cm³/mol. The maximum absolute atomic E-state index is 12.9. The second-order valence-electron chi connectivity index (χ2n) is 9.61. The van der Waals surface area contributed by atoms with Crippen molar-refractivity contribution in [2.75, 3.05) is 49.5 Å². The number of piperidine rings is 1. The van der Waals surface area contributed by atoms with E-state index in [4.69, 9.17) is 0 Å². The van der Waals surface area contributed by atoms with Crippen LogP contribution in [0.2, 0.25) is 0 Å². The number of nitrogens with zero attached hydrogens (tertiary/aromatic N) is 4. The van der Waals surface area contributed by atoms with E-state index in [0.29, 0.717) is 44.2 Å². The minimum Gasteiger partial charge on any atom is -0.370 e. The van der Waals surface area contributed by atoms with Gasteiger partial charge in [0.2, 0.25) is 0 Å². The van der Waals surface area contributed by atoms with Gasteiger partial charge in [0.15, 0.2) is 0 Å². The Hall–Kier alpha value is -2.23. The Morgan fingerprint density at radius 3 is 2.32 bits per heavy atom. The molecule has 0 atom stereocenters. The summed E-state index contributed by atoms with van der Waals surface area (Å²) in [6.45, 7) is 11.7. The fraction of sp³-hybridized carbons (Fsp3) is 0.600. The quantitative estimate of drug-likeness (QED) is 0.664. The summed E-state index contributed by atoms with van der Waals surface area (Å²) in [5.41, 5.74) is 4.32. The number of anilines is 2. The van der Waals surface area contributed by atoms with Crippen LogP contribution in [-0.4, -0.2) is 67.9 Å². The van der Waals surface area contributed by atoms with Gasteiger partial charge in [0, 0.05) is 57.3 Å². The third-order valence-corrected chi connectivity index (χ3v) is 9.36. The van der Waals surface area contributed by atoms with Crippen LogP contribution < -0.4 is 10.2 Å². The average molecular weight is 488 g/mol. The fourth-order valence-electron chi connectivity index (χ4n) is 5.00. The van der Waals surface area contributed by atoms with Gasteiger partial charge in [-0.3, -0.25) is 9.79 Å².